The predicted molar refractivity (Wildman–Crippen MR) is 71.4 cm³/mol. The normalized spacial score (nSPS) is 17.1. The Labute approximate surface area is 106 Å². The number of fused-ring (bicyclic) bond motifs is 1. The van der Waals surface area contributed by atoms with Crippen molar-refractivity contribution >= 4 is 10.9 Å². The Balaban J connectivity index is 1.96. The molecule has 1 aliphatic rings. The molecule has 0 amide bonds. The van der Waals surface area contributed by atoms with E-state index in [0.29, 0.717) is 0 Å². The molecule has 0 N–H and O–H groups in total. The minimum absolute atomic E-state index is 0.000458. The Morgan fingerprint density at radius 1 is 1.11 bits per heavy atom. The van der Waals surface area contributed by atoms with Gasteiger partial charge in [-0.05, 0) is 38.1 Å². The molecular weight excluding hydrogens is 226 g/mol. The van der Waals surface area contributed by atoms with Crippen LogP contribution in [-0.2, 0) is 6.67 Å². The van der Waals surface area contributed by atoms with E-state index in [1.165, 1.54) is 25.5 Å². The van der Waals surface area contributed by atoms with Crippen molar-refractivity contribution in [1.82, 2.24) is 14.7 Å². The van der Waals surface area contributed by atoms with E-state index in [9.17, 15) is 4.79 Å². The molecular formula is C14H17N3O. The summed E-state index contributed by atoms with van der Waals surface area (Å²) in [5.41, 5.74) is 0.927. The van der Waals surface area contributed by atoms with Crippen molar-refractivity contribution in [3.63, 3.8) is 0 Å². The summed E-state index contributed by atoms with van der Waals surface area (Å²) < 4.78 is 1.93. The van der Waals surface area contributed by atoms with Gasteiger partial charge in [0.1, 0.15) is 0 Å². The molecule has 0 saturated carbocycles. The van der Waals surface area contributed by atoms with Crippen molar-refractivity contribution in [2.75, 3.05) is 13.1 Å². The Hall–Kier alpha value is -1.68. The zero-order valence-corrected chi connectivity index (χ0v) is 10.4. The first-order valence-corrected chi connectivity index (χ1v) is 6.52. The molecule has 1 aromatic carbocycles. The van der Waals surface area contributed by atoms with Crippen LogP contribution in [0.25, 0.3) is 10.9 Å². The van der Waals surface area contributed by atoms with Gasteiger partial charge in [-0.3, -0.25) is 14.4 Å². The summed E-state index contributed by atoms with van der Waals surface area (Å²) in [7, 11) is 0. The van der Waals surface area contributed by atoms with Gasteiger partial charge in [0.2, 0.25) is 5.43 Å². The first-order valence-electron chi connectivity index (χ1n) is 6.52. The fraction of sp³-hybridized carbons (Fsp3) is 0.429. The number of para-hydroxylation sites is 1. The molecule has 4 heteroatoms. The molecule has 0 aliphatic carbocycles. The molecule has 2 aromatic rings. The lowest BCUT2D eigenvalue weighted by atomic mass is 10.1. The van der Waals surface area contributed by atoms with E-state index in [0.717, 1.165) is 30.7 Å². The zero-order chi connectivity index (χ0) is 12.4. The van der Waals surface area contributed by atoms with Gasteiger partial charge in [0.05, 0.1) is 18.4 Å². The highest BCUT2D eigenvalue weighted by Crippen LogP contribution is 2.12. The Kier molecular flexibility index (Phi) is 3.11. The average molecular weight is 243 g/mol. The zero-order valence-electron chi connectivity index (χ0n) is 10.4. The third-order valence-electron chi connectivity index (χ3n) is 3.54. The molecule has 1 aliphatic heterocycles. The molecule has 0 atom stereocenters. The number of likely N-dealkylation sites (tertiary alicyclic amines) is 1. The van der Waals surface area contributed by atoms with Gasteiger partial charge in [-0.2, -0.15) is 5.10 Å². The Morgan fingerprint density at radius 2 is 1.89 bits per heavy atom. The minimum Gasteiger partial charge on any atom is -0.287 e. The highest BCUT2D eigenvalue weighted by molar-refractivity contribution is 5.77. The fourth-order valence-corrected chi connectivity index (χ4v) is 2.56. The molecule has 1 saturated heterocycles. The lowest BCUT2D eigenvalue weighted by molar-refractivity contribution is 0.175. The van der Waals surface area contributed by atoms with Gasteiger partial charge in [0, 0.05) is 5.39 Å². The standard InChI is InChI=1S/C14H17N3O/c18-14-10-15-17(11-16-8-4-1-5-9-16)13-7-3-2-6-12(13)14/h2-3,6-7,10H,1,4-5,8-9,11H2. The van der Waals surface area contributed by atoms with Crippen molar-refractivity contribution in [2.24, 2.45) is 0 Å². The van der Waals surface area contributed by atoms with Crippen LogP contribution < -0.4 is 5.43 Å². The molecule has 4 nitrogen and oxygen atoms in total. The number of benzene rings is 1. The van der Waals surface area contributed by atoms with Gasteiger partial charge < -0.3 is 0 Å². The van der Waals surface area contributed by atoms with Crippen molar-refractivity contribution in [3.8, 4) is 0 Å². The second-order valence-electron chi connectivity index (χ2n) is 4.85. The van der Waals surface area contributed by atoms with Crippen molar-refractivity contribution in [1.29, 1.82) is 0 Å². The summed E-state index contributed by atoms with van der Waals surface area (Å²) in [4.78, 5) is 14.1. The molecule has 0 spiro atoms. The lowest BCUT2D eigenvalue weighted by Crippen LogP contribution is -2.33. The van der Waals surface area contributed by atoms with Crippen LogP contribution in [-0.4, -0.2) is 27.8 Å². The highest BCUT2D eigenvalue weighted by Gasteiger charge is 2.11. The van der Waals surface area contributed by atoms with Gasteiger partial charge in [0.15, 0.2) is 0 Å². The van der Waals surface area contributed by atoms with E-state index in [-0.39, 0.29) is 5.43 Å². The SMILES string of the molecule is O=c1cnn(CN2CCCCC2)c2ccccc12. The second-order valence-corrected chi connectivity index (χ2v) is 4.85. The summed E-state index contributed by atoms with van der Waals surface area (Å²) in [5, 5.41) is 5.02. The van der Waals surface area contributed by atoms with Crippen LogP contribution in [0.2, 0.25) is 0 Å². The van der Waals surface area contributed by atoms with Crippen LogP contribution >= 0.6 is 0 Å². The molecule has 1 aromatic heterocycles. The summed E-state index contributed by atoms with van der Waals surface area (Å²) in [6.07, 6.45) is 5.28. The number of aromatic nitrogens is 2. The summed E-state index contributed by atoms with van der Waals surface area (Å²) in [6.45, 7) is 3.03. The lowest BCUT2D eigenvalue weighted by Gasteiger charge is -2.27. The van der Waals surface area contributed by atoms with E-state index in [2.05, 4.69) is 10.00 Å². The molecule has 0 radical (unpaired) electrons. The molecule has 94 valence electrons. The average Bonchev–Trinajstić information content (AvgIpc) is 2.44. The van der Waals surface area contributed by atoms with E-state index in [4.69, 9.17) is 0 Å². The van der Waals surface area contributed by atoms with Gasteiger partial charge in [0.25, 0.3) is 0 Å². The van der Waals surface area contributed by atoms with Gasteiger partial charge >= 0.3 is 0 Å². The second kappa shape index (κ2) is 4.90. The van der Waals surface area contributed by atoms with Gasteiger partial charge in [-0.25, -0.2) is 0 Å². The summed E-state index contributed by atoms with van der Waals surface area (Å²) in [6, 6.07) is 7.69. The number of hydrogen-bond donors (Lipinski definition) is 0. The Bertz CT molecular complexity index is 599. The minimum atomic E-state index is 0.000458. The third kappa shape index (κ3) is 2.16. The molecule has 0 bridgehead atoms. The van der Waals surface area contributed by atoms with E-state index in [1.54, 1.807) is 0 Å². The summed E-state index contributed by atoms with van der Waals surface area (Å²) >= 11 is 0. The predicted octanol–water partition coefficient (Wildman–Crippen LogP) is 1.84. The topological polar surface area (TPSA) is 38.1 Å². The number of rotatable bonds is 2. The monoisotopic (exact) mass is 243 g/mol. The molecule has 0 unspecified atom stereocenters. The van der Waals surface area contributed by atoms with Crippen LogP contribution in [0.3, 0.4) is 0 Å². The maximum Gasteiger partial charge on any atom is 0.207 e. The number of hydrogen-bond acceptors (Lipinski definition) is 3. The number of piperidine rings is 1. The molecule has 18 heavy (non-hydrogen) atoms. The fourth-order valence-electron chi connectivity index (χ4n) is 2.56. The van der Waals surface area contributed by atoms with Crippen molar-refractivity contribution < 1.29 is 0 Å². The molecule has 2 heterocycles. The first kappa shape index (κ1) is 11.4. The van der Waals surface area contributed by atoms with Crippen molar-refractivity contribution in [3.05, 3.63) is 40.7 Å². The first-order chi connectivity index (χ1) is 8.84. The van der Waals surface area contributed by atoms with E-state index >= 15 is 0 Å². The van der Waals surface area contributed by atoms with E-state index in [1.807, 2.05) is 28.9 Å². The van der Waals surface area contributed by atoms with Gasteiger partial charge in [-0.15, -0.1) is 0 Å². The van der Waals surface area contributed by atoms with Crippen LogP contribution in [0.1, 0.15) is 19.3 Å². The summed E-state index contributed by atoms with van der Waals surface area (Å²) in [5.74, 6) is 0. The third-order valence-corrected chi connectivity index (χ3v) is 3.54. The number of nitrogens with zero attached hydrogens (tertiary/aromatic N) is 3. The smallest absolute Gasteiger partial charge is 0.207 e. The van der Waals surface area contributed by atoms with E-state index < -0.39 is 0 Å². The van der Waals surface area contributed by atoms with Crippen LogP contribution in [0.15, 0.2) is 35.3 Å². The van der Waals surface area contributed by atoms with Crippen LogP contribution in [0, 0.1) is 0 Å². The Morgan fingerprint density at radius 3 is 2.72 bits per heavy atom. The maximum absolute atomic E-state index is 11.7. The molecule has 1 fully saturated rings. The molecule has 3 rings (SSSR count). The highest BCUT2D eigenvalue weighted by atomic mass is 16.1. The van der Waals surface area contributed by atoms with Gasteiger partial charge in [-0.1, -0.05) is 18.6 Å². The van der Waals surface area contributed by atoms with Crippen LogP contribution in [0.4, 0.5) is 0 Å². The largest absolute Gasteiger partial charge is 0.287 e. The van der Waals surface area contributed by atoms with Crippen LogP contribution in [0.5, 0.6) is 0 Å². The quantitative estimate of drug-likeness (QED) is 0.807. The van der Waals surface area contributed by atoms with Crippen molar-refractivity contribution in [2.45, 2.75) is 25.9 Å². The maximum atomic E-state index is 11.7.